The first-order valence-electron chi connectivity index (χ1n) is 11.2. The Morgan fingerprint density at radius 1 is 0.706 bits per heavy atom. The summed E-state index contributed by atoms with van der Waals surface area (Å²) in [7, 11) is 0. The van der Waals surface area contributed by atoms with Crippen molar-refractivity contribution in [2.24, 2.45) is 4.99 Å². The smallest absolute Gasteiger partial charge is 0.0992 e. The first-order chi connectivity index (χ1) is 16.8. The summed E-state index contributed by atoms with van der Waals surface area (Å²) in [6.45, 7) is 0.603. The molecule has 0 bridgehead atoms. The molecule has 1 aliphatic heterocycles. The number of benzene rings is 4. The summed E-state index contributed by atoms with van der Waals surface area (Å²) in [6.07, 6.45) is 4.28. The van der Waals surface area contributed by atoms with Crippen LogP contribution in [-0.2, 0) is 0 Å². The lowest BCUT2D eigenvalue weighted by Gasteiger charge is -2.19. The van der Waals surface area contributed by atoms with Crippen LogP contribution >= 0.6 is 0 Å². The fourth-order valence-electron chi connectivity index (χ4n) is 4.87. The standard InChI is InChI=1S/C30H18N4/c31-17-19-9-11-33-27(13-19)29-23-7-3-4-8-24(23)30(28-14-20(18-32)10-12-34-28)26-16-22-6-2-1-5-21(22)15-25(26)29/h1-9,11,13-16H,10,12H2. The van der Waals surface area contributed by atoms with E-state index >= 15 is 0 Å². The molecule has 0 amide bonds. The van der Waals surface area contributed by atoms with E-state index in [1.807, 2.05) is 36.4 Å². The minimum atomic E-state index is 0.574. The fourth-order valence-corrected chi connectivity index (χ4v) is 4.87. The van der Waals surface area contributed by atoms with E-state index in [1.54, 1.807) is 12.3 Å². The summed E-state index contributed by atoms with van der Waals surface area (Å²) in [6, 6.07) is 29.1. The van der Waals surface area contributed by atoms with E-state index < -0.39 is 0 Å². The zero-order valence-corrected chi connectivity index (χ0v) is 18.3. The minimum Gasteiger partial charge on any atom is -0.284 e. The van der Waals surface area contributed by atoms with Gasteiger partial charge in [0.25, 0.3) is 0 Å². The molecule has 0 aliphatic carbocycles. The third-order valence-electron chi connectivity index (χ3n) is 6.41. The number of rotatable bonds is 2. The molecule has 158 valence electrons. The van der Waals surface area contributed by atoms with E-state index in [-0.39, 0.29) is 0 Å². The van der Waals surface area contributed by atoms with Crippen molar-refractivity contribution in [1.29, 1.82) is 10.5 Å². The van der Waals surface area contributed by atoms with Gasteiger partial charge < -0.3 is 0 Å². The Hall–Kier alpha value is -4.80. The minimum absolute atomic E-state index is 0.574. The molecule has 0 spiro atoms. The Kier molecular flexibility index (Phi) is 4.65. The van der Waals surface area contributed by atoms with E-state index in [1.165, 1.54) is 0 Å². The highest BCUT2D eigenvalue weighted by Gasteiger charge is 2.20. The second-order valence-corrected chi connectivity index (χ2v) is 8.38. The molecule has 6 rings (SSSR count). The van der Waals surface area contributed by atoms with Gasteiger partial charge in [0.05, 0.1) is 29.1 Å². The van der Waals surface area contributed by atoms with Crippen molar-refractivity contribution in [3.63, 3.8) is 0 Å². The number of nitrogens with zero attached hydrogens (tertiary/aromatic N) is 4. The molecule has 0 fully saturated rings. The molecule has 0 radical (unpaired) electrons. The number of nitriles is 2. The number of hydrogen-bond donors (Lipinski definition) is 0. The molecular weight excluding hydrogens is 416 g/mol. The molecule has 0 saturated carbocycles. The number of allylic oxidation sites excluding steroid dienone is 1. The number of dihydropyridines is 1. The van der Waals surface area contributed by atoms with Crippen LogP contribution in [0.15, 0.2) is 95.6 Å². The van der Waals surface area contributed by atoms with E-state index in [2.05, 4.69) is 53.5 Å². The lowest BCUT2D eigenvalue weighted by molar-refractivity contribution is 0.962. The van der Waals surface area contributed by atoms with Crippen LogP contribution in [-0.4, -0.2) is 17.2 Å². The Morgan fingerprint density at radius 2 is 1.38 bits per heavy atom. The Morgan fingerprint density at radius 3 is 2.09 bits per heavy atom. The third-order valence-corrected chi connectivity index (χ3v) is 6.41. The van der Waals surface area contributed by atoms with Crippen molar-refractivity contribution in [2.75, 3.05) is 6.54 Å². The Labute approximate surface area is 196 Å². The highest BCUT2D eigenvalue weighted by atomic mass is 14.7. The Balaban J connectivity index is 1.83. The zero-order valence-electron chi connectivity index (χ0n) is 18.3. The van der Waals surface area contributed by atoms with E-state index in [9.17, 15) is 10.5 Å². The molecule has 1 aliphatic rings. The van der Waals surface area contributed by atoms with Crippen molar-refractivity contribution in [3.8, 4) is 23.4 Å². The number of hydrogen-bond acceptors (Lipinski definition) is 4. The molecule has 0 N–H and O–H groups in total. The molecule has 0 unspecified atom stereocenters. The van der Waals surface area contributed by atoms with E-state index in [0.717, 1.165) is 60.4 Å². The number of aliphatic imine (C=N–C) groups is 1. The van der Waals surface area contributed by atoms with Crippen molar-refractivity contribution in [3.05, 3.63) is 102 Å². The molecule has 4 heteroatoms. The molecule has 0 atom stereocenters. The maximum absolute atomic E-state index is 9.56. The second kappa shape index (κ2) is 7.96. The van der Waals surface area contributed by atoms with Crippen LogP contribution in [0.4, 0.5) is 0 Å². The predicted molar refractivity (Wildman–Crippen MR) is 137 cm³/mol. The summed E-state index contributed by atoms with van der Waals surface area (Å²) in [5.74, 6) is 0. The largest absolute Gasteiger partial charge is 0.284 e. The van der Waals surface area contributed by atoms with Gasteiger partial charge in [-0.05, 0) is 62.7 Å². The van der Waals surface area contributed by atoms with E-state index in [4.69, 9.17) is 4.99 Å². The van der Waals surface area contributed by atoms with Crippen LogP contribution < -0.4 is 0 Å². The maximum atomic E-state index is 9.56. The predicted octanol–water partition coefficient (Wildman–Crippen LogP) is 6.72. The van der Waals surface area contributed by atoms with Gasteiger partial charge in [0.15, 0.2) is 0 Å². The van der Waals surface area contributed by atoms with E-state index in [0.29, 0.717) is 18.5 Å². The number of pyridine rings is 1. The maximum Gasteiger partial charge on any atom is 0.0992 e. The zero-order chi connectivity index (χ0) is 23.1. The van der Waals surface area contributed by atoms with Crippen molar-refractivity contribution in [1.82, 2.24) is 4.98 Å². The van der Waals surface area contributed by atoms with Crippen LogP contribution in [0.5, 0.6) is 0 Å². The summed E-state index contributed by atoms with van der Waals surface area (Å²) in [5.41, 5.74) is 4.95. The second-order valence-electron chi connectivity index (χ2n) is 8.38. The quantitative estimate of drug-likeness (QED) is 0.289. The molecule has 4 nitrogen and oxygen atoms in total. The van der Waals surface area contributed by atoms with Gasteiger partial charge in [-0.2, -0.15) is 10.5 Å². The van der Waals surface area contributed by atoms with Gasteiger partial charge in [0.2, 0.25) is 0 Å². The van der Waals surface area contributed by atoms with Gasteiger partial charge in [-0.1, -0.05) is 48.5 Å². The summed E-state index contributed by atoms with van der Waals surface area (Å²) in [5, 5.41) is 25.6. The van der Waals surface area contributed by atoms with Gasteiger partial charge in [0.1, 0.15) is 0 Å². The van der Waals surface area contributed by atoms with Crippen molar-refractivity contribution < 1.29 is 0 Å². The SMILES string of the molecule is N#CC1=CC(c2c3ccccc3c(-c3cc(C#N)ccn3)c3cc4ccccc4cc23)=NCC1. The third kappa shape index (κ3) is 3.13. The van der Waals surface area contributed by atoms with Gasteiger partial charge >= 0.3 is 0 Å². The first-order valence-corrected chi connectivity index (χ1v) is 11.2. The molecule has 0 saturated heterocycles. The molecule has 1 aromatic heterocycles. The van der Waals surface area contributed by atoms with Gasteiger partial charge in [-0.3, -0.25) is 9.98 Å². The fraction of sp³-hybridized carbons (Fsp3) is 0.0667. The molecule has 34 heavy (non-hydrogen) atoms. The van der Waals surface area contributed by atoms with Gasteiger partial charge in [0, 0.05) is 35.9 Å². The van der Waals surface area contributed by atoms with Crippen LogP contribution in [0.3, 0.4) is 0 Å². The van der Waals surface area contributed by atoms with Crippen LogP contribution in [0.1, 0.15) is 17.5 Å². The lowest BCUT2D eigenvalue weighted by atomic mass is 9.86. The highest BCUT2D eigenvalue weighted by Crippen LogP contribution is 2.41. The highest BCUT2D eigenvalue weighted by molar-refractivity contribution is 6.29. The molecule has 5 aromatic rings. The summed E-state index contributed by atoms with van der Waals surface area (Å²) >= 11 is 0. The topological polar surface area (TPSA) is 72.8 Å². The monoisotopic (exact) mass is 434 g/mol. The Bertz CT molecular complexity index is 1780. The number of fused-ring (bicyclic) bond motifs is 3. The van der Waals surface area contributed by atoms with Crippen LogP contribution in [0, 0.1) is 22.7 Å². The van der Waals surface area contributed by atoms with Crippen molar-refractivity contribution in [2.45, 2.75) is 6.42 Å². The molecule has 4 aromatic carbocycles. The summed E-state index contributed by atoms with van der Waals surface area (Å²) in [4.78, 5) is 9.51. The van der Waals surface area contributed by atoms with Crippen LogP contribution in [0.25, 0.3) is 43.6 Å². The molecular formula is C30H18N4. The average molecular weight is 435 g/mol. The average Bonchev–Trinajstić information content (AvgIpc) is 2.90. The number of aromatic nitrogens is 1. The molecule has 2 heterocycles. The first kappa shape index (κ1) is 19.9. The van der Waals surface area contributed by atoms with Gasteiger partial charge in [-0.15, -0.1) is 0 Å². The van der Waals surface area contributed by atoms with Crippen LogP contribution in [0.2, 0.25) is 0 Å². The lowest BCUT2D eigenvalue weighted by Crippen LogP contribution is -2.08. The summed E-state index contributed by atoms with van der Waals surface area (Å²) < 4.78 is 0. The normalized spacial score (nSPS) is 13.4. The van der Waals surface area contributed by atoms with Gasteiger partial charge in [-0.25, -0.2) is 0 Å². The van der Waals surface area contributed by atoms with Crippen molar-refractivity contribution >= 4 is 38.0 Å².